The molecule has 2 aliphatic rings. The molecule has 220 valence electrons. The topological polar surface area (TPSA) is 124 Å². The van der Waals surface area contributed by atoms with Crippen molar-refractivity contribution in [2.24, 2.45) is 5.92 Å². The summed E-state index contributed by atoms with van der Waals surface area (Å²) in [5.74, 6) is -0.754. The van der Waals surface area contributed by atoms with Crippen molar-refractivity contribution in [3.63, 3.8) is 0 Å². The van der Waals surface area contributed by atoms with E-state index >= 15 is 0 Å². The van der Waals surface area contributed by atoms with Crippen molar-refractivity contribution in [3.05, 3.63) is 69.7 Å². The molecule has 42 heavy (non-hydrogen) atoms. The molecule has 1 unspecified atom stereocenters. The number of anilines is 1. The Morgan fingerprint density at radius 3 is 2.64 bits per heavy atom. The number of ketones is 1. The molecule has 11 heteroatoms. The van der Waals surface area contributed by atoms with Crippen LogP contribution < -0.4 is 19.1 Å². The third-order valence-corrected chi connectivity index (χ3v) is 7.99. The summed E-state index contributed by atoms with van der Waals surface area (Å²) in [4.78, 5) is 45.7. The Kier molecular flexibility index (Phi) is 8.49. The summed E-state index contributed by atoms with van der Waals surface area (Å²) < 4.78 is 22.4. The molecule has 1 atom stereocenters. The molecule has 3 heterocycles. The van der Waals surface area contributed by atoms with Gasteiger partial charge in [-0.05, 0) is 62.1 Å². The molecule has 3 aromatic rings. The van der Waals surface area contributed by atoms with Crippen molar-refractivity contribution in [2.45, 2.75) is 40.2 Å². The second-order valence-corrected chi connectivity index (χ2v) is 11.2. The van der Waals surface area contributed by atoms with E-state index in [9.17, 15) is 19.5 Å². The Balaban J connectivity index is 1.63. The van der Waals surface area contributed by atoms with Gasteiger partial charge in [-0.25, -0.2) is 9.78 Å². The van der Waals surface area contributed by atoms with Gasteiger partial charge in [-0.3, -0.25) is 14.5 Å². The molecule has 1 N–H and O–H groups in total. The van der Waals surface area contributed by atoms with Gasteiger partial charge in [-0.1, -0.05) is 37.3 Å². The molecule has 1 aromatic heterocycles. The highest BCUT2D eigenvalue weighted by molar-refractivity contribution is 7.17. The van der Waals surface area contributed by atoms with Crippen molar-refractivity contribution in [1.82, 2.24) is 4.98 Å². The molecule has 10 nitrogen and oxygen atoms in total. The van der Waals surface area contributed by atoms with Crippen molar-refractivity contribution in [3.8, 4) is 17.2 Å². The van der Waals surface area contributed by atoms with Crippen LogP contribution in [-0.2, 0) is 14.3 Å². The number of hydrogen-bond acceptors (Lipinski definition) is 10. The number of aliphatic hydroxyl groups is 1. The van der Waals surface area contributed by atoms with E-state index in [0.29, 0.717) is 54.2 Å². The third kappa shape index (κ3) is 5.69. The third-order valence-electron chi connectivity index (χ3n) is 6.85. The largest absolute Gasteiger partial charge is 0.507 e. The van der Waals surface area contributed by atoms with Crippen LogP contribution in [0.2, 0.25) is 0 Å². The van der Waals surface area contributed by atoms with Crippen molar-refractivity contribution >= 4 is 39.9 Å². The predicted molar refractivity (Wildman–Crippen MR) is 156 cm³/mol. The highest BCUT2D eigenvalue weighted by Crippen LogP contribution is 2.45. The number of rotatable bonds is 9. The minimum atomic E-state index is -1.05. The number of hydrogen-bond donors (Lipinski definition) is 1. The lowest BCUT2D eigenvalue weighted by Gasteiger charge is -2.24. The summed E-state index contributed by atoms with van der Waals surface area (Å²) >= 11 is 0.954. The number of aryl methyl sites for hydroxylation is 1. The van der Waals surface area contributed by atoms with Gasteiger partial charge in [0.1, 0.15) is 29.6 Å². The molecule has 2 aromatic carbocycles. The molecule has 0 radical (unpaired) electrons. The fourth-order valence-corrected chi connectivity index (χ4v) is 5.74. The van der Waals surface area contributed by atoms with Gasteiger partial charge in [0.2, 0.25) is 0 Å². The van der Waals surface area contributed by atoms with Gasteiger partial charge in [-0.2, -0.15) is 0 Å². The number of nitrogens with zero attached hydrogens (tertiary/aromatic N) is 2. The zero-order valence-electron chi connectivity index (χ0n) is 23.8. The van der Waals surface area contributed by atoms with E-state index in [4.69, 9.17) is 18.9 Å². The molecular formula is C31H32N2O8S. The zero-order chi connectivity index (χ0) is 30.0. The Morgan fingerprint density at radius 2 is 1.90 bits per heavy atom. The van der Waals surface area contributed by atoms with Crippen LogP contribution in [0.1, 0.15) is 59.7 Å². The molecule has 0 saturated carbocycles. The quantitative estimate of drug-likeness (QED) is 0.149. The summed E-state index contributed by atoms with van der Waals surface area (Å²) in [6.07, 6.45) is 0.849. The summed E-state index contributed by atoms with van der Waals surface area (Å²) in [6, 6.07) is 10.8. The second kappa shape index (κ2) is 12.2. The van der Waals surface area contributed by atoms with Crippen LogP contribution in [0.15, 0.2) is 48.0 Å². The summed E-state index contributed by atoms with van der Waals surface area (Å²) in [6.45, 7) is 8.95. The average Bonchev–Trinajstić information content (AvgIpc) is 3.48. The van der Waals surface area contributed by atoms with E-state index in [2.05, 4.69) is 18.8 Å². The number of aliphatic hydroxyl groups excluding tert-OH is 1. The number of Topliss-reactive ketones (excluding diaryl/α,β-unsaturated/α-hetero) is 1. The number of aromatic nitrogens is 1. The number of esters is 1. The number of carbonyl (C=O) groups excluding carboxylic acids is 3. The van der Waals surface area contributed by atoms with Crippen molar-refractivity contribution in [1.29, 1.82) is 0 Å². The molecule has 1 amide bonds. The minimum absolute atomic E-state index is 0.124. The van der Waals surface area contributed by atoms with Crippen LogP contribution in [0.5, 0.6) is 17.2 Å². The molecule has 0 bridgehead atoms. The lowest BCUT2D eigenvalue weighted by Crippen LogP contribution is -2.29. The second-order valence-electron chi connectivity index (χ2n) is 10.3. The first kappa shape index (κ1) is 29.1. The number of ether oxygens (including phenoxy) is 4. The Labute approximate surface area is 247 Å². The van der Waals surface area contributed by atoms with Crippen LogP contribution in [0, 0.1) is 12.8 Å². The van der Waals surface area contributed by atoms with Gasteiger partial charge in [-0.15, -0.1) is 0 Å². The normalized spacial score (nSPS) is 17.5. The number of thiazole rings is 1. The number of fused-ring (bicyclic) bond motifs is 1. The average molecular weight is 593 g/mol. The molecule has 1 fully saturated rings. The number of carbonyl (C=O) groups is 3. The zero-order valence-corrected chi connectivity index (χ0v) is 24.7. The number of amides is 1. The summed E-state index contributed by atoms with van der Waals surface area (Å²) in [7, 11) is 0. The maximum absolute atomic E-state index is 13.6. The van der Waals surface area contributed by atoms with E-state index in [-0.39, 0.29) is 33.5 Å². The molecule has 1 saturated heterocycles. The fraction of sp³-hybridized carbons (Fsp3) is 0.355. The highest BCUT2D eigenvalue weighted by Gasteiger charge is 2.48. The van der Waals surface area contributed by atoms with Gasteiger partial charge >= 0.3 is 11.9 Å². The van der Waals surface area contributed by atoms with Crippen LogP contribution in [0.4, 0.5) is 5.13 Å². The standard InChI is InChI=1S/C31H32N2O8S/c1-5-38-30(37)28-18(4)32-31(42-28)33-25(19-7-6-8-21(15-19)39-12-11-17(2)3)24(27(35)29(33)36)26(34)20-9-10-22-23(16-20)41-14-13-40-22/h6-10,15-17,25,34H,5,11-14H2,1-4H3. The maximum Gasteiger partial charge on any atom is 0.350 e. The van der Waals surface area contributed by atoms with E-state index in [1.807, 2.05) is 0 Å². The first-order chi connectivity index (χ1) is 20.2. The van der Waals surface area contributed by atoms with Gasteiger partial charge in [0, 0.05) is 5.56 Å². The highest BCUT2D eigenvalue weighted by atomic mass is 32.1. The Hall–Kier alpha value is -4.38. The van der Waals surface area contributed by atoms with Gasteiger partial charge in [0.25, 0.3) is 5.78 Å². The van der Waals surface area contributed by atoms with Gasteiger partial charge in [0.05, 0.1) is 30.5 Å². The Morgan fingerprint density at radius 1 is 1.14 bits per heavy atom. The van der Waals surface area contributed by atoms with Crippen LogP contribution in [0.25, 0.3) is 5.76 Å². The first-order valence-electron chi connectivity index (χ1n) is 13.8. The monoisotopic (exact) mass is 592 g/mol. The van der Waals surface area contributed by atoms with Crippen LogP contribution >= 0.6 is 11.3 Å². The van der Waals surface area contributed by atoms with Crippen LogP contribution in [0.3, 0.4) is 0 Å². The molecule has 2 aliphatic heterocycles. The predicted octanol–water partition coefficient (Wildman–Crippen LogP) is 5.45. The van der Waals surface area contributed by atoms with E-state index < -0.39 is 23.7 Å². The van der Waals surface area contributed by atoms with Crippen LogP contribution in [-0.4, -0.2) is 54.2 Å². The van der Waals surface area contributed by atoms with Gasteiger partial charge in [0.15, 0.2) is 16.6 Å². The first-order valence-corrected chi connectivity index (χ1v) is 14.6. The minimum Gasteiger partial charge on any atom is -0.507 e. The van der Waals surface area contributed by atoms with E-state index in [1.54, 1.807) is 56.3 Å². The molecule has 5 rings (SSSR count). The SMILES string of the molecule is CCOC(=O)c1sc(N2C(=O)C(=O)C(=C(O)c3ccc4c(c3)OCCO4)C2c2cccc(OCCC(C)C)c2)nc1C. The summed E-state index contributed by atoms with van der Waals surface area (Å²) in [5.41, 5.74) is 1.06. The maximum atomic E-state index is 13.6. The van der Waals surface area contributed by atoms with Gasteiger partial charge < -0.3 is 24.1 Å². The lowest BCUT2D eigenvalue weighted by molar-refractivity contribution is -0.132. The lowest BCUT2D eigenvalue weighted by atomic mass is 9.95. The Bertz CT molecular complexity index is 1560. The fourth-order valence-electron chi connectivity index (χ4n) is 4.75. The molecule has 0 spiro atoms. The number of benzene rings is 2. The van der Waals surface area contributed by atoms with Crippen molar-refractivity contribution < 1.29 is 38.4 Å². The smallest absolute Gasteiger partial charge is 0.350 e. The molecular weight excluding hydrogens is 560 g/mol. The molecule has 0 aliphatic carbocycles. The summed E-state index contributed by atoms with van der Waals surface area (Å²) in [5, 5.41) is 11.7. The van der Waals surface area contributed by atoms with E-state index in [1.165, 1.54) is 4.90 Å². The van der Waals surface area contributed by atoms with Crippen molar-refractivity contribution in [2.75, 3.05) is 31.3 Å². The van der Waals surface area contributed by atoms with E-state index in [0.717, 1.165) is 17.8 Å².